The van der Waals surface area contributed by atoms with Crippen molar-refractivity contribution < 1.29 is 8.42 Å². The Morgan fingerprint density at radius 1 is 1.33 bits per heavy atom. The van der Waals surface area contributed by atoms with Gasteiger partial charge < -0.3 is 5.32 Å². The zero-order chi connectivity index (χ0) is 15.3. The van der Waals surface area contributed by atoms with Crippen LogP contribution in [0.2, 0.25) is 0 Å². The molecule has 1 N–H and O–H groups in total. The van der Waals surface area contributed by atoms with Gasteiger partial charge >= 0.3 is 0 Å². The molecule has 1 aliphatic rings. The van der Waals surface area contributed by atoms with Crippen molar-refractivity contribution in [2.75, 3.05) is 19.6 Å². The molecular weight excluding hydrogens is 286 g/mol. The molecule has 1 aromatic carbocycles. The molecule has 114 valence electrons. The van der Waals surface area contributed by atoms with Crippen LogP contribution in [0, 0.1) is 11.3 Å². The van der Waals surface area contributed by atoms with E-state index in [0.29, 0.717) is 6.54 Å². The summed E-state index contributed by atoms with van der Waals surface area (Å²) in [5.74, 6) is 0. The second-order valence-electron chi connectivity index (χ2n) is 5.20. The van der Waals surface area contributed by atoms with Gasteiger partial charge in [-0.1, -0.05) is 19.1 Å². The smallest absolute Gasteiger partial charge is 0.244 e. The summed E-state index contributed by atoms with van der Waals surface area (Å²) in [6.45, 7) is 4.13. The van der Waals surface area contributed by atoms with E-state index in [1.165, 1.54) is 6.07 Å². The maximum absolute atomic E-state index is 13.0. The van der Waals surface area contributed by atoms with Crippen LogP contribution in [0.15, 0.2) is 29.2 Å². The Labute approximate surface area is 126 Å². The van der Waals surface area contributed by atoms with E-state index in [-0.39, 0.29) is 16.5 Å². The molecule has 0 amide bonds. The fourth-order valence-corrected chi connectivity index (χ4v) is 4.65. The van der Waals surface area contributed by atoms with Crippen LogP contribution in [0.4, 0.5) is 0 Å². The van der Waals surface area contributed by atoms with Crippen molar-refractivity contribution in [2.24, 2.45) is 0 Å². The first kappa shape index (κ1) is 16.0. The zero-order valence-electron chi connectivity index (χ0n) is 12.2. The lowest BCUT2D eigenvalue weighted by Gasteiger charge is -2.33. The van der Waals surface area contributed by atoms with Crippen LogP contribution < -0.4 is 5.32 Å². The van der Waals surface area contributed by atoms with Crippen molar-refractivity contribution in [3.05, 3.63) is 29.8 Å². The van der Waals surface area contributed by atoms with Crippen molar-refractivity contribution in [2.45, 2.75) is 37.1 Å². The summed E-state index contributed by atoms with van der Waals surface area (Å²) in [6.07, 6.45) is 2.39. The summed E-state index contributed by atoms with van der Waals surface area (Å²) in [6, 6.07) is 8.43. The molecule has 21 heavy (non-hydrogen) atoms. The van der Waals surface area contributed by atoms with Gasteiger partial charge in [-0.15, -0.1) is 0 Å². The minimum Gasteiger partial charge on any atom is -0.317 e. The predicted octanol–water partition coefficient (Wildman–Crippen LogP) is 1.71. The second kappa shape index (κ2) is 7.03. The summed E-state index contributed by atoms with van der Waals surface area (Å²) >= 11 is 0. The minimum atomic E-state index is -3.62. The number of nitrogens with zero attached hydrogens (tertiary/aromatic N) is 2. The first-order chi connectivity index (χ1) is 10.1. The van der Waals surface area contributed by atoms with E-state index in [4.69, 9.17) is 5.26 Å². The van der Waals surface area contributed by atoms with Crippen LogP contribution in [0.5, 0.6) is 0 Å². The van der Waals surface area contributed by atoms with Gasteiger partial charge in [0.05, 0.1) is 10.5 Å². The first-order valence-electron chi connectivity index (χ1n) is 7.33. The largest absolute Gasteiger partial charge is 0.317 e. The Balaban J connectivity index is 2.40. The number of nitrogens with one attached hydrogen (secondary N) is 1. The third-order valence-electron chi connectivity index (χ3n) is 3.75. The summed E-state index contributed by atoms with van der Waals surface area (Å²) in [5, 5.41) is 12.4. The number of sulfonamides is 1. The molecule has 1 fully saturated rings. The molecule has 6 heteroatoms. The molecule has 0 aliphatic carbocycles. The molecule has 0 unspecified atom stereocenters. The lowest BCUT2D eigenvalue weighted by atomic mass is 10.1. The van der Waals surface area contributed by atoms with E-state index >= 15 is 0 Å². The topological polar surface area (TPSA) is 73.2 Å². The number of nitriles is 1. The molecule has 1 aromatic rings. The number of hydrogen-bond acceptors (Lipinski definition) is 4. The molecule has 1 saturated heterocycles. The van der Waals surface area contributed by atoms with Gasteiger partial charge in [-0.25, -0.2) is 8.42 Å². The van der Waals surface area contributed by atoms with Gasteiger partial charge in [0.15, 0.2) is 0 Å². The molecule has 0 spiro atoms. The maximum Gasteiger partial charge on any atom is 0.244 e. The number of piperidine rings is 1. The van der Waals surface area contributed by atoms with E-state index in [1.54, 1.807) is 22.5 Å². The van der Waals surface area contributed by atoms with Gasteiger partial charge in [-0.2, -0.15) is 9.57 Å². The second-order valence-corrected chi connectivity index (χ2v) is 7.06. The normalized spacial score (nSPS) is 16.8. The lowest BCUT2D eigenvalue weighted by molar-refractivity contribution is 0.262. The molecule has 1 aliphatic heterocycles. The third-order valence-corrected chi connectivity index (χ3v) is 5.76. The van der Waals surface area contributed by atoms with Crippen LogP contribution in [0.25, 0.3) is 0 Å². The molecule has 1 heterocycles. The summed E-state index contributed by atoms with van der Waals surface area (Å²) < 4.78 is 27.5. The van der Waals surface area contributed by atoms with Crippen molar-refractivity contribution >= 4 is 10.0 Å². The average molecular weight is 307 g/mol. The fraction of sp³-hybridized carbons (Fsp3) is 0.533. The monoisotopic (exact) mass is 307 g/mol. The first-order valence-corrected chi connectivity index (χ1v) is 8.77. The highest BCUT2D eigenvalue weighted by Gasteiger charge is 2.32. The maximum atomic E-state index is 13.0. The van der Waals surface area contributed by atoms with Crippen molar-refractivity contribution in [3.63, 3.8) is 0 Å². The Morgan fingerprint density at radius 2 is 2.00 bits per heavy atom. The van der Waals surface area contributed by atoms with Crippen molar-refractivity contribution in [1.29, 1.82) is 5.26 Å². The third kappa shape index (κ3) is 3.43. The summed E-state index contributed by atoms with van der Waals surface area (Å²) in [5.41, 5.74) is 0.215. The highest BCUT2D eigenvalue weighted by atomic mass is 32.2. The van der Waals surface area contributed by atoms with Crippen molar-refractivity contribution in [1.82, 2.24) is 9.62 Å². The molecular formula is C15H21N3O2S. The Kier molecular flexibility index (Phi) is 5.34. The van der Waals surface area contributed by atoms with Crippen LogP contribution >= 0.6 is 0 Å². The number of hydrogen-bond donors (Lipinski definition) is 1. The SMILES string of the molecule is CCCN(C1CCNCC1)S(=O)(=O)c1ccccc1C#N. The quantitative estimate of drug-likeness (QED) is 0.899. The van der Waals surface area contributed by atoms with E-state index in [2.05, 4.69) is 5.32 Å². The van der Waals surface area contributed by atoms with Gasteiger partial charge in [0.1, 0.15) is 6.07 Å². The number of benzene rings is 1. The van der Waals surface area contributed by atoms with Crippen LogP contribution in [-0.4, -0.2) is 38.4 Å². The van der Waals surface area contributed by atoms with Gasteiger partial charge in [-0.05, 0) is 44.5 Å². The minimum absolute atomic E-state index is 0.0166. The predicted molar refractivity (Wildman–Crippen MR) is 81.2 cm³/mol. The highest BCUT2D eigenvalue weighted by molar-refractivity contribution is 7.89. The number of rotatable bonds is 5. The van der Waals surface area contributed by atoms with Gasteiger partial charge in [0.25, 0.3) is 0 Å². The summed E-state index contributed by atoms with van der Waals surface area (Å²) in [7, 11) is -3.62. The molecule has 0 atom stereocenters. The van der Waals surface area contributed by atoms with Crippen LogP contribution in [0.3, 0.4) is 0 Å². The van der Waals surface area contributed by atoms with Gasteiger partial charge in [0, 0.05) is 12.6 Å². The van der Waals surface area contributed by atoms with E-state index in [9.17, 15) is 8.42 Å². The van der Waals surface area contributed by atoms with Crippen molar-refractivity contribution in [3.8, 4) is 6.07 Å². The molecule has 5 nitrogen and oxygen atoms in total. The lowest BCUT2D eigenvalue weighted by Crippen LogP contribution is -2.46. The average Bonchev–Trinajstić information content (AvgIpc) is 2.53. The Hall–Kier alpha value is -1.42. The molecule has 0 aromatic heterocycles. The van der Waals surface area contributed by atoms with E-state index in [1.807, 2.05) is 13.0 Å². The van der Waals surface area contributed by atoms with Gasteiger partial charge in [0.2, 0.25) is 10.0 Å². The van der Waals surface area contributed by atoms with Crippen LogP contribution in [0.1, 0.15) is 31.7 Å². The Bertz CT molecular complexity index is 616. The molecule has 0 radical (unpaired) electrons. The summed E-state index contributed by atoms with van der Waals surface area (Å²) in [4.78, 5) is 0.125. The molecule has 0 bridgehead atoms. The Morgan fingerprint density at radius 3 is 2.62 bits per heavy atom. The zero-order valence-corrected chi connectivity index (χ0v) is 13.1. The van der Waals surface area contributed by atoms with Crippen LogP contribution in [-0.2, 0) is 10.0 Å². The van der Waals surface area contributed by atoms with E-state index in [0.717, 1.165) is 32.4 Å². The van der Waals surface area contributed by atoms with E-state index < -0.39 is 10.0 Å². The highest BCUT2D eigenvalue weighted by Crippen LogP contribution is 2.25. The fourth-order valence-electron chi connectivity index (χ4n) is 2.72. The molecule has 2 rings (SSSR count). The standard InChI is InChI=1S/C15H21N3O2S/c1-2-11-18(14-7-9-17-10-8-14)21(19,20)15-6-4-3-5-13(15)12-16/h3-6,14,17H,2,7-11H2,1H3. The van der Waals surface area contributed by atoms with Gasteiger partial charge in [-0.3, -0.25) is 0 Å². The molecule has 0 saturated carbocycles.